The van der Waals surface area contributed by atoms with E-state index in [1.54, 1.807) is 36.4 Å². The summed E-state index contributed by atoms with van der Waals surface area (Å²) in [6.07, 6.45) is 0. The average Bonchev–Trinajstić information content (AvgIpc) is 3.13. The van der Waals surface area contributed by atoms with Crippen molar-refractivity contribution in [1.29, 1.82) is 5.26 Å². The summed E-state index contributed by atoms with van der Waals surface area (Å²) >= 11 is 0. The molecule has 1 aliphatic heterocycles. The lowest BCUT2D eigenvalue weighted by Crippen LogP contribution is -2.29. The molecule has 1 aliphatic rings. The minimum absolute atomic E-state index is 0.0101. The number of carbonyl (C=O) groups is 2. The number of Topliss-reactive ketones (excluding diaryl/α,β-unsaturated/α-hetero) is 1. The molecule has 0 spiro atoms. The molecule has 0 radical (unpaired) electrons. The van der Waals surface area contributed by atoms with Gasteiger partial charge in [0.2, 0.25) is 0 Å². The second-order valence-corrected chi connectivity index (χ2v) is 7.49. The molecule has 1 fully saturated rings. The molecule has 170 valence electrons. The zero-order valence-electron chi connectivity index (χ0n) is 18.4. The van der Waals surface area contributed by atoms with E-state index in [2.05, 4.69) is 0 Å². The molecule has 1 saturated heterocycles. The Balaban J connectivity index is 1.95. The maximum Gasteiger partial charge on any atom is 0.300 e. The third-order valence-electron chi connectivity index (χ3n) is 5.59. The number of phenols is 1. The molecule has 1 unspecified atom stereocenters. The molecule has 8 heteroatoms. The Labute approximate surface area is 195 Å². The van der Waals surface area contributed by atoms with E-state index < -0.39 is 23.5 Å². The molecule has 0 aromatic heterocycles. The van der Waals surface area contributed by atoms with Crippen molar-refractivity contribution in [3.63, 3.8) is 0 Å². The summed E-state index contributed by atoms with van der Waals surface area (Å²) in [5.74, 6) is -1.37. The lowest BCUT2D eigenvalue weighted by molar-refractivity contribution is -0.132. The van der Waals surface area contributed by atoms with Gasteiger partial charge in [-0.2, -0.15) is 5.26 Å². The SMILES string of the molecule is COc1ccc(/C(O)=C2/C(=O)C(=O)N(c3ccc(C#N)cc3)C2c2ccc(O)cc2)c(OC)c1. The number of amides is 1. The van der Waals surface area contributed by atoms with Crippen LogP contribution < -0.4 is 14.4 Å². The highest BCUT2D eigenvalue weighted by Gasteiger charge is 2.47. The van der Waals surface area contributed by atoms with E-state index >= 15 is 0 Å². The number of benzene rings is 3. The number of ketones is 1. The predicted molar refractivity (Wildman–Crippen MR) is 124 cm³/mol. The van der Waals surface area contributed by atoms with Crippen LogP contribution >= 0.6 is 0 Å². The normalized spacial score (nSPS) is 16.9. The van der Waals surface area contributed by atoms with Gasteiger partial charge in [-0.05, 0) is 54.1 Å². The van der Waals surface area contributed by atoms with Crippen LogP contribution in [0.25, 0.3) is 5.76 Å². The fourth-order valence-electron chi connectivity index (χ4n) is 3.91. The van der Waals surface area contributed by atoms with Crippen LogP contribution in [-0.2, 0) is 9.59 Å². The Morgan fingerprint density at radius 3 is 2.24 bits per heavy atom. The summed E-state index contributed by atoms with van der Waals surface area (Å²) < 4.78 is 10.6. The minimum atomic E-state index is -0.986. The fourth-order valence-corrected chi connectivity index (χ4v) is 3.91. The fraction of sp³-hybridized carbons (Fsp3) is 0.115. The van der Waals surface area contributed by atoms with Gasteiger partial charge in [0, 0.05) is 11.8 Å². The standard InChI is InChI=1S/C26H20N2O6/c1-33-19-11-12-20(21(13-19)34-2)24(30)22-23(16-5-9-18(29)10-6-16)28(26(32)25(22)31)17-7-3-15(14-27)4-8-17/h3-13,23,29-30H,1-2H3/b24-22-. The minimum Gasteiger partial charge on any atom is -0.508 e. The molecule has 0 saturated carbocycles. The third kappa shape index (κ3) is 3.80. The van der Waals surface area contributed by atoms with Crippen molar-refractivity contribution >= 4 is 23.1 Å². The monoisotopic (exact) mass is 456 g/mol. The largest absolute Gasteiger partial charge is 0.508 e. The van der Waals surface area contributed by atoms with E-state index in [4.69, 9.17) is 14.7 Å². The first-order chi connectivity index (χ1) is 16.4. The lowest BCUT2D eigenvalue weighted by Gasteiger charge is -2.25. The van der Waals surface area contributed by atoms with Crippen molar-refractivity contribution in [3.05, 3.63) is 89.0 Å². The Morgan fingerprint density at radius 1 is 0.971 bits per heavy atom. The molecule has 4 rings (SSSR count). The number of aliphatic hydroxyl groups excluding tert-OH is 1. The number of rotatable bonds is 5. The molecule has 0 bridgehead atoms. The number of hydrogen-bond donors (Lipinski definition) is 2. The Kier molecular flexibility index (Phi) is 5.94. The third-order valence-corrected chi connectivity index (χ3v) is 5.59. The zero-order valence-corrected chi connectivity index (χ0v) is 18.4. The van der Waals surface area contributed by atoms with E-state index in [-0.39, 0.29) is 22.6 Å². The molecule has 1 heterocycles. The first-order valence-corrected chi connectivity index (χ1v) is 10.2. The lowest BCUT2D eigenvalue weighted by atomic mass is 9.94. The zero-order chi connectivity index (χ0) is 24.4. The van der Waals surface area contributed by atoms with Crippen LogP contribution in [0, 0.1) is 11.3 Å². The van der Waals surface area contributed by atoms with Gasteiger partial charge >= 0.3 is 0 Å². The number of ether oxygens (including phenoxy) is 2. The van der Waals surface area contributed by atoms with Gasteiger partial charge in [0.15, 0.2) is 0 Å². The van der Waals surface area contributed by atoms with Crippen molar-refractivity contribution in [2.24, 2.45) is 0 Å². The molecule has 8 nitrogen and oxygen atoms in total. The van der Waals surface area contributed by atoms with Crippen LogP contribution in [0.4, 0.5) is 5.69 Å². The second-order valence-electron chi connectivity index (χ2n) is 7.49. The Hall–Kier alpha value is -4.77. The summed E-state index contributed by atoms with van der Waals surface area (Å²) in [4.78, 5) is 27.7. The molecule has 2 N–H and O–H groups in total. The van der Waals surface area contributed by atoms with Crippen LogP contribution in [0.15, 0.2) is 72.3 Å². The van der Waals surface area contributed by atoms with E-state index in [9.17, 15) is 19.8 Å². The number of aromatic hydroxyl groups is 1. The van der Waals surface area contributed by atoms with Crippen molar-refractivity contribution in [3.8, 4) is 23.3 Å². The quantitative estimate of drug-likeness (QED) is 0.339. The smallest absolute Gasteiger partial charge is 0.300 e. The number of nitrogens with zero attached hydrogens (tertiary/aromatic N) is 2. The number of carbonyl (C=O) groups excluding carboxylic acids is 2. The number of hydrogen-bond acceptors (Lipinski definition) is 7. The van der Waals surface area contributed by atoms with Gasteiger partial charge in [-0.15, -0.1) is 0 Å². The first kappa shape index (κ1) is 22.4. The topological polar surface area (TPSA) is 120 Å². The van der Waals surface area contributed by atoms with Crippen LogP contribution in [0.5, 0.6) is 17.2 Å². The summed E-state index contributed by atoms with van der Waals surface area (Å²) in [6, 6.07) is 17.9. The summed E-state index contributed by atoms with van der Waals surface area (Å²) in [5.41, 5.74) is 1.34. The van der Waals surface area contributed by atoms with Gasteiger partial charge in [-0.1, -0.05) is 12.1 Å². The molecular formula is C26H20N2O6. The van der Waals surface area contributed by atoms with Crippen molar-refractivity contribution in [2.75, 3.05) is 19.1 Å². The predicted octanol–water partition coefficient (Wildman–Crippen LogP) is 3.91. The number of phenolic OH excluding ortho intramolecular Hbond substituents is 1. The Bertz CT molecular complexity index is 1340. The number of methoxy groups -OCH3 is 2. The highest BCUT2D eigenvalue weighted by atomic mass is 16.5. The van der Waals surface area contributed by atoms with Crippen LogP contribution in [0.1, 0.15) is 22.7 Å². The highest BCUT2D eigenvalue weighted by molar-refractivity contribution is 6.51. The number of nitriles is 1. The molecular weight excluding hydrogens is 436 g/mol. The van der Waals surface area contributed by atoms with Gasteiger partial charge in [0.25, 0.3) is 11.7 Å². The van der Waals surface area contributed by atoms with E-state index in [1.807, 2.05) is 6.07 Å². The molecule has 34 heavy (non-hydrogen) atoms. The number of aliphatic hydroxyl groups is 1. The molecule has 0 aliphatic carbocycles. The summed E-state index contributed by atoms with van der Waals surface area (Å²) in [6.45, 7) is 0. The maximum absolute atomic E-state index is 13.2. The number of anilines is 1. The van der Waals surface area contributed by atoms with Gasteiger partial charge in [-0.25, -0.2) is 0 Å². The second kappa shape index (κ2) is 9.00. The van der Waals surface area contributed by atoms with Crippen LogP contribution in [-0.4, -0.2) is 36.1 Å². The molecule has 3 aromatic carbocycles. The molecule has 1 amide bonds. The van der Waals surface area contributed by atoms with Crippen LogP contribution in [0.2, 0.25) is 0 Å². The van der Waals surface area contributed by atoms with E-state index in [0.29, 0.717) is 22.6 Å². The van der Waals surface area contributed by atoms with Gasteiger partial charge in [-0.3, -0.25) is 14.5 Å². The van der Waals surface area contributed by atoms with Gasteiger partial charge < -0.3 is 19.7 Å². The Morgan fingerprint density at radius 2 is 1.65 bits per heavy atom. The van der Waals surface area contributed by atoms with Gasteiger partial charge in [0.05, 0.1) is 43.0 Å². The molecule has 1 atom stereocenters. The van der Waals surface area contributed by atoms with Crippen molar-refractivity contribution < 1.29 is 29.3 Å². The average molecular weight is 456 g/mol. The maximum atomic E-state index is 13.2. The summed E-state index contributed by atoms with van der Waals surface area (Å²) in [7, 11) is 2.90. The highest BCUT2D eigenvalue weighted by Crippen LogP contribution is 2.43. The molecule has 3 aromatic rings. The van der Waals surface area contributed by atoms with E-state index in [1.165, 1.54) is 49.5 Å². The first-order valence-electron chi connectivity index (χ1n) is 10.2. The van der Waals surface area contributed by atoms with Crippen molar-refractivity contribution in [2.45, 2.75) is 6.04 Å². The summed E-state index contributed by atoms with van der Waals surface area (Å²) in [5, 5.41) is 30.1. The van der Waals surface area contributed by atoms with Crippen molar-refractivity contribution in [1.82, 2.24) is 0 Å². The van der Waals surface area contributed by atoms with Gasteiger partial charge in [0.1, 0.15) is 23.0 Å². The van der Waals surface area contributed by atoms with E-state index in [0.717, 1.165) is 0 Å². The van der Waals surface area contributed by atoms with Crippen LogP contribution in [0.3, 0.4) is 0 Å².